The second kappa shape index (κ2) is 6.78. The number of aromatic nitrogens is 1. The van der Waals surface area contributed by atoms with Gasteiger partial charge in [-0.3, -0.25) is 9.59 Å². The molecular weight excluding hydrogens is 326 g/mol. The fraction of sp³-hybridized carbons (Fsp3) is 0.524. The van der Waals surface area contributed by atoms with E-state index in [2.05, 4.69) is 10.6 Å². The van der Waals surface area contributed by atoms with Gasteiger partial charge in [0.05, 0.1) is 5.56 Å². The van der Waals surface area contributed by atoms with Crippen LogP contribution < -0.4 is 0 Å². The van der Waals surface area contributed by atoms with Gasteiger partial charge in [-0.05, 0) is 25.8 Å². The maximum Gasteiger partial charge on any atom is 0.256 e. The Hall–Kier alpha value is -2.30. The van der Waals surface area contributed by atoms with E-state index in [4.69, 9.17) is 0 Å². The van der Waals surface area contributed by atoms with Crippen LogP contribution in [0.3, 0.4) is 0 Å². The Kier molecular flexibility index (Phi) is 4.47. The zero-order valence-electron chi connectivity index (χ0n) is 15.7. The van der Waals surface area contributed by atoms with Crippen LogP contribution >= 0.6 is 0 Å². The Morgan fingerprint density at radius 1 is 0.962 bits per heavy atom. The fourth-order valence-electron chi connectivity index (χ4n) is 4.51. The normalized spacial score (nSPS) is 18.7. The number of hydrogen-bond donors (Lipinski definition) is 0. The number of benzene rings is 1. The van der Waals surface area contributed by atoms with Crippen molar-refractivity contribution in [2.24, 2.45) is 13.0 Å². The van der Waals surface area contributed by atoms with Gasteiger partial charge in [0.25, 0.3) is 5.91 Å². The van der Waals surface area contributed by atoms with Crippen LogP contribution in [0.25, 0.3) is 10.9 Å². The van der Waals surface area contributed by atoms with Crippen LogP contribution in [0.5, 0.6) is 0 Å². The van der Waals surface area contributed by atoms with Crippen LogP contribution in [-0.2, 0) is 11.8 Å². The third kappa shape index (κ3) is 2.79. The second-order valence-corrected chi connectivity index (χ2v) is 7.64. The summed E-state index contributed by atoms with van der Waals surface area (Å²) >= 11 is 0. The van der Waals surface area contributed by atoms with Crippen molar-refractivity contribution in [3.05, 3.63) is 35.5 Å². The Bertz CT molecular complexity index is 840. The SMILES string of the molecule is Cc1c(C(=O)N2CCN(C(=O)C3CCCC3)CC2)c2ccccc2n1C. The number of fused-ring (bicyclic) bond motifs is 1. The topological polar surface area (TPSA) is 45.6 Å². The second-order valence-electron chi connectivity index (χ2n) is 7.64. The van der Waals surface area contributed by atoms with Crippen LogP contribution in [0.1, 0.15) is 41.7 Å². The Labute approximate surface area is 154 Å². The molecule has 5 nitrogen and oxygen atoms in total. The molecule has 0 radical (unpaired) electrons. The molecule has 0 unspecified atom stereocenters. The number of carbonyl (C=O) groups excluding carboxylic acids is 2. The first-order valence-electron chi connectivity index (χ1n) is 9.70. The molecule has 4 rings (SSSR count). The molecule has 5 heteroatoms. The van der Waals surface area contributed by atoms with Gasteiger partial charge in [0.15, 0.2) is 0 Å². The van der Waals surface area contributed by atoms with E-state index in [1.807, 2.05) is 42.0 Å². The molecule has 1 aliphatic carbocycles. The van der Waals surface area contributed by atoms with Gasteiger partial charge >= 0.3 is 0 Å². The van der Waals surface area contributed by atoms with Gasteiger partial charge in [-0.1, -0.05) is 31.0 Å². The lowest BCUT2D eigenvalue weighted by molar-refractivity contribution is -0.136. The van der Waals surface area contributed by atoms with Crippen molar-refractivity contribution >= 4 is 22.7 Å². The summed E-state index contributed by atoms with van der Waals surface area (Å²) in [6.45, 7) is 4.57. The van der Waals surface area contributed by atoms with Crippen molar-refractivity contribution in [2.45, 2.75) is 32.6 Å². The molecule has 0 atom stereocenters. The number of para-hydroxylation sites is 1. The molecule has 2 aliphatic rings. The first-order valence-corrected chi connectivity index (χ1v) is 9.70. The Morgan fingerprint density at radius 2 is 1.58 bits per heavy atom. The highest BCUT2D eigenvalue weighted by atomic mass is 16.2. The molecule has 1 aromatic carbocycles. The zero-order chi connectivity index (χ0) is 18.3. The highest BCUT2D eigenvalue weighted by Gasteiger charge is 2.31. The Balaban J connectivity index is 1.49. The van der Waals surface area contributed by atoms with E-state index in [-0.39, 0.29) is 11.8 Å². The fourth-order valence-corrected chi connectivity index (χ4v) is 4.51. The van der Waals surface area contributed by atoms with E-state index in [9.17, 15) is 9.59 Å². The molecule has 26 heavy (non-hydrogen) atoms. The number of aryl methyl sites for hydroxylation is 1. The summed E-state index contributed by atoms with van der Waals surface area (Å²) < 4.78 is 2.09. The average molecular weight is 353 g/mol. The number of carbonyl (C=O) groups is 2. The molecule has 138 valence electrons. The average Bonchev–Trinajstić information content (AvgIpc) is 3.29. The molecule has 1 saturated heterocycles. The maximum atomic E-state index is 13.2. The lowest BCUT2D eigenvalue weighted by Crippen LogP contribution is -2.51. The van der Waals surface area contributed by atoms with Crippen LogP contribution in [0.15, 0.2) is 24.3 Å². The van der Waals surface area contributed by atoms with Crippen LogP contribution in [0.2, 0.25) is 0 Å². The van der Waals surface area contributed by atoms with Crippen LogP contribution in [0.4, 0.5) is 0 Å². The van der Waals surface area contributed by atoms with Crippen molar-refractivity contribution in [1.29, 1.82) is 0 Å². The highest BCUT2D eigenvalue weighted by Crippen LogP contribution is 2.28. The summed E-state index contributed by atoms with van der Waals surface area (Å²) in [4.78, 5) is 29.7. The summed E-state index contributed by atoms with van der Waals surface area (Å²) in [7, 11) is 2.01. The van der Waals surface area contributed by atoms with Gasteiger partial charge < -0.3 is 14.4 Å². The minimum absolute atomic E-state index is 0.0901. The summed E-state index contributed by atoms with van der Waals surface area (Å²) in [5.74, 6) is 0.612. The molecule has 2 fully saturated rings. The zero-order valence-corrected chi connectivity index (χ0v) is 15.7. The van der Waals surface area contributed by atoms with E-state index < -0.39 is 0 Å². The molecule has 2 aromatic rings. The first kappa shape index (κ1) is 17.1. The molecule has 0 bridgehead atoms. The van der Waals surface area contributed by atoms with Crippen LogP contribution in [0, 0.1) is 12.8 Å². The molecule has 2 amide bonds. The van der Waals surface area contributed by atoms with Gasteiger partial charge in [-0.25, -0.2) is 0 Å². The molecule has 1 saturated carbocycles. The lowest BCUT2D eigenvalue weighted by atomic mass is 10.1. The third-order valence-corrected chi connectivity index (χ3v) is 6.20. The minimum atomic E-state index is 0.0901. The summed E-state index contributed by atoms with van der Waals surface area (Å²) in [6, 6.07) is 8.06. The van der Waals surface area contributed by atoms with E-state index in [0.29, 0.717) is 32.1 Å². The van der Waals surface area contributed by atoms with Crippen molar-refractivity contribution in [1.82, 2.24) is 14.4 Å². The first-order chi connectivity index (χ1) is 12.6. The highest BCUT2D eigenvalue weighted by molar-refractivity contribution is 6.08. The van der Waals surface area contributed by atoms with E-state index in [0.717, 1.165) is 35.0 Å². The van der Waals surface area contributed by atoms with Crippen molar-refractivity contribution in [2.75, 3.05) is 26.2 Å². The van der Waals surface area contributed by atoms with Gasteiger partial charge in [-0.2, -0.15) is 0 Å². The number of hydrogen-bond acceptors (Lipinski definition) is 2. The monoisotopic (exact) mass is 353 g/mol. The number of piperazine rings is 1. The summed E-state index contributed by atoms with van der Waals surface area (Å²) in [6.07, 6.45) is 4.42. The molecule has 1 aliphatic heterocycles. The van der Waals surface area contributed by atoms with Gasteiger partial charge in [0.1, 0.15) is 0 Å². The third-order valence-electron chi connectivity index (χ3n) is 6.20. The maximum absolute atomic E-state index is 13.2. The van der Waals surface area contributed by atoms with Crippen molar-refractivity contribution < 1.29 is 9.59 Å². The predicted molar refractivity (Wildman–Crippen MR) is 102 cm³/mol. The number of nitrogens with zero attached hydrogens (tertiary/aromatic N) is 3. The summed E-state index contributed by atoms with van der Waals surface area (Å²) in [5.41, 5.74) is 2.89. The molecule has 0 spiro atoms. The van der Waals surface area contributed by atoms with Gasteiger partial charge in [0, 0.05) is 55.7 Å². The van der Waals surface area contributed by atoms with Crippen molar-refractivity contribution in [3.63, 3.8) is 0 Å². The smallest absolute Gasteiger partial charge is 0.256 e. The van der Waals surface area contributed by atoms with E-state index in [1.54, 1.807) is 0 Å². The molecule has 0 N–H and O–H groups in total. The number of amides is 2. The van der Waals surface area contributed by atoms with Crippen molar-refractivity contribution in [3.8, 4) is 0 Å². The molecule has 2 heterocycles. The Morgan fingerprint density at radius 3 is 2.27 bits per heavy atom. The quantitative estimate of drug-likeness (QED) is 0.833. The lowest BCUT2D eigenvalue weighted by Gasteiger charge is -2.36. The summed E-state index contributed by atoms with van der Waals surface area (Å²) in [5, 5.41) is 1.02. The van der Waals surface area contributed by atoms with E-state index >= 15 is 0 Å². The van der Waals surface area contributed by atoms with Crippen LogP contribution in [-0.4, -0.2) is 52.4 Å². The standard InChI is InChI=1S/C21H27N3O2/c1-15-19(17-9-5-6-10-18(17)22(15)2)21(26)24-13-11-23(12-14-24)20(25)16-7-3-4-8-16/h5-6,9-10,16H,3-4,7-8,11-14H2,1-2H3. The minimum Gasteiger partial charge on any atom is -0.347 e. The predicted octanol–water partition coefficient (Wildman–Crippen LogP) is 2.96. The number of rotatable bonds is 2. The molecular formula is C21H27N3O2. The van der Waals surface area contributed by atoms with Gasteiger partial charge in [-0.15, -0.1) is 0 Å². The molecule has 1 aromatic heterocycles. The van der Waals surface area contributed by atoms with Gasteiger partial charge in [0.2, 0.25) is 5.91 Å². The largest absolute Gasteiger partial charge is 0.347 e. The van der Waals surface area contributed by atoms with E-state index in [1.165, 1.54) is 12.8 Å².